The summed E-state index contributed by atoms with van der Waals surface area (Å²) in [6.45, 7) is 0. The lowest BCUT2D eigenvalue weighted by Gasteiger charge is -2.31. The molecule has 0 unspecified atom stereocenters. The first-order valence-electron chi connectivity index (χ1n) is 10.2. The SMILES string of the molecule is O=C(N[C@@H]1CCC[C@H](Nc2cc(C(F)(F)F)nc3ccc(F)cc23)C1)c1ccccc1F. The smallest absolute Gasteiger partial charge is 0.382 e. The molecule has 2 aromatic carbocycles. The Bertz CT molecular complexity index is 1150. The monoisotopic (exact) mass is 449 g/mol. The van der Waals surface area contributed by atoms with Crippen molar-refractivity contribution >= 4 is 22.5 Å². The van der Waals surface area contributed by atoms with Crippen molar-refractivity contribution in [2.75, 3.05) is 5.32 Å². The van der Waals surface area contributed by atoms with Crippen LogP contribution in [-0.2, 0) is 6.18 Å². The first kappa shape index (κ1) is 22.0. The number of rotatable bonds is 4. The molecule has 9 heteroatoms. The second-order valence-corrected chi connectivity index (χ2v) is 7.87. The molecule has 1 aliphatic rings. The van der Waals surface area contributed by atoms with Gasteiger partial charge in [-0.15, -0.1) is 0 Å². The van der Waals surface area contributed by atoms with E-state index in [-0.39, 0.29) is 34.2 Å². The standard InChI is InChI=1S/C23H20F5N3O/c24-13-8-9-19-17(10-13)20(12-21(31-19)23(26,27)28)29-14-4-3-5-15(11-14)30-22(32)16-6-1-2-7-18(16)25/h1-2,6-10,12,14-15H,3-5,11H2,(H,29,31)(H,30,32)/t14-,15+/m0/s1. The van der Waals surface area contributed by atoms with E-state index in [1.165, 1.54) is 24.3 Å². The number of carbonyl (C=O) groups is 1. The molecule has 1 amide bonds. The molecule has 0 saturated heterocycles. The topological polar surface area (TPSA) is 54.0 Å². The molecule has 1 aromatic heterocycles. The Hall–Kier alpha value is -3.23. The normalized spacial score (nSPS) is 19.0. The number of nitrogens with one attached hydrogen (secondary N) is 2. The number of benzene rings is 2. The highest BCUT2D eigenvalue weighted by molar-refractivity contribution is 5.94. The van der Waals surface area contributed by atoms with E-state index in [9.17, 15) is 26.7 Å². The van der Waals surface area contributed by atoms with E-state index >= 15 is 0 Å². The molecule has 1 aliphatic carbocycles. The molecule has 4 nitrogen and oxygen atoms in total. The minimum atomic E-state index is -4.65. The van der Waals surface area contributed by atoms with Crippen molar-refractivity contribution in [3.63, 3.8) is 0 Å². The van der Waals surface area contributed by atoms with Crippen LogP contribution in [0.2, 0.25) is 0 Å². The zero-order valence-electron chi connectivity index (χ0n) is 16.8. The second-order valence-electron chi connectivity index (χ2n) is 7.87. The number of anilines is 1. The van der Waals surface area contributed by atoms with E-state index in [1.807, 2.05) is 0 Å². The average molecular weight is 449 g/mol. The van der Waals surface area contributed by atoms with Gasteiger partial charge in [0.05, 0.1) is 11.1 Å². The zero-order chi connectivity index (χ0) is 22.9. The lowest BCUT2D eigenvalue weighted by molar-refractivity contribution is -0.140. The van der Waals surface area contributed by atoms with Crippen LogP contribution >= 0.6 is 0 Å². The Kier molecular flexibility index (Phi) is 5.99. The van der Waals surface area contributed by atoms with Crippen LogP contribution in [0.1, 0.15) is 41.7 Å². The molecule has 3 aromatic rings. The summed E-state index contributed by atoms with van der Waals surface area (Å²) in [5.41, 5.74) is -0.968. The van der Waals surface area contributed by atoms with Crippen LogP contribution in [0.15, 0.2) is 48.5 Å². The van der Waals surface area contributed by atoms with Crippen LogP contribution < -0.4 is 10.6 Å². The summed E-state index contributed by atoms with van der Waals surface area (Å²) in [6.07, 6.45) is -2.18. The fourth-order valence-electron chi connectivity index (χ4n) is 4.04. The van der Waals surface area contributed by atoms with Gasteiger partial charge in [-0.05, 0) is 62.1 Å². The number of pyridine rings is 1. The number of nitrogens with zero attached hydrogens (tertiary/aromatic N) is 1. The van der Waals surface area contributed by atoms with Gasteiger partial charge < -0.3 is 10.6 Å². The number of carbonyl (C=O) groups excluding carboxylic acids is 1. The molecule has 32 heavy (non-hydrogen) atoms. The van der Waals surface area contributed by atoms with Crippen molar-refractivity contribution < 1.29 is 26.7 Å². The first-order valence-corrected chi connectivity index (χ1v) is 10.2. The summed E-state index contributed by atoms with van der Waals surface area (Å²) in [6, 6.07) is 9.40. The third kappa shape index (κ3) is 4.81. The molecule has 2 atom stereocenters. The highest BCUT2D eigenvalue weighted by Gasteiger charge is 2.34. The predicted octanol–water partition coefficient (Wildman–Crippen LogP) is 5.68. The third-order valence-electron chi connectivity index (χ3n) is 5.55. The molecule has 4 rings (SSSR count). The van der Waals surface area contributed by atoms with Crippen LogP contribution in [0.5, 0.6) is 0 Å². The molecule has 168 valence electrons. The number of alkyl halides is 3. The summed E-state index contributed by atoms with van der Waals surface area (Å²) in [5, 5.41) is 6.13. The zero-order valence-corrected chi connectivity index (χ0v) is 16.8. The lowest BCUT2D eigenvalue weighted by Crippen LogP contribution is -2.42. The highest BCUT2D eigenvalue weighted by Crippen LogP contribution is 2.34. The van der Waals surface area contributed by atoms with Crippen molar-refractivity contribution in [2.45, 2.75) is 43.9 Å². The van der Waals surface area contributed by atoms with Gasteiger partial charge in [0.1, 0.15) is 17.3 Å². The Morgan fingerprint density at radius 2 is 1.75 bits per heavy atom. The van der Waals surface area contributed by atoms with Crippen molar-refractivity contribution in [2.24, 2.45) is 0 Å². The summed E-state index contributed by atoms with van der Waals surface area (Å²) >= 11 is 0. The van der Waals surface area contributed by atoms with E-state index < -0.39 is 29.4 Å². The number of aromatic nitrogens is 1. The average Bonchev–Trinajstić information content (AvgIpc) is 2.74. The van der Waals surface area contributed by atoms with Gasteiger partial charge in [-0.25, -0.2) is 13.8 Å². The first-order chi connectivity index (χ1) is 15.2. The predicted molar refractivity (Wildman–Crippen MR) is 110 cm³/mol. The van der Waals surface area contributed by atoms with Crippen molar-refractivity contribution in [3.8, 4) is 0 Å². The van der Waals surface area contributed by atoms with Gasteiger partial charge in [-0.3, -0.25) is 4.79 Å². The number of fused-ring (bicyclic) bond motifs is 1. The molecule has 1 fully saturated rings. The molecular weight excluding hydrogens is 429 g/mol. The van der Waals surface area contributed by atoms with Crippen LogP contribution in [0.4, 0.5) is 27.6 Å². The Balaban J connectivity index is 1.54. The maximum atomic E-state index is 13.9. The number of hydrogen-bond acceptors (Lipinski definition) is 3. The van der Waals surface area contributed by atoms with Crippen LogP contribution in [0.25, 0.3) is 10.9 Å². The summed E-state index contributed by atoms with van der Waals surface area (Å²) in [5.74, 6) is -1.74. The fourth-order valence-corrected chi connectivity index (χ4v) is 4.04. The Labute approximate surface area is 180 Å². The Morgan fingerprint density at radius 1 is 1.00 bits per heavy atom. The van der Waals surface area contributed by atoms with E-state index in [2.05, 4.69) is 15.6 Å². The van der Waals surface area contributed by atoms with Gasteiger partial charge in [0.15, 0.2) is 0 Å². The van der Waals surface area contributed by atoms with Crippen LogP contribution in [0, 0.1) is 11.6 Å². The van der Waals surface area contributed by atoms with E-state index in [0.717, 1.165) is 18.2 Å². The summed E-state index contributed by atoms with van der Waals surface area (Å²) in [7, 11) is 0. The molecule has 0 spiro atoms. The van der Waals surface area contributed by atoms with Crippen LogP contribution in [0.3, 0.4) is 0 Å². The van der Waals surface area contributed by atoms with Gasteiger partial charge in [0.25, 0.3) is 5.91 Å². The van der Waals surface area contributed by atoms with Crippen molar-refractivity contribution in [3.05, 3.63) is 71.4 Å². The number of hydrogen-bond donors (Lipinski definition) is 2. The lowest BCUT2D eigenvalue weighted by atomic mass is 9.90. The molecular formula is C23H20F5N3O. The summed E-state index contributed by atoms with van der Waals surface area (Å²) < 4.78 is 67.6. The molecule has 1 saturated carbocycles. The van der Waals surface area contributed by atoms with Gasteiger partial charge in [-0.2, -0.15) is 13.2 Å². The largest absolute Gasteiger partial charge is 0.433 e. The molecule has 2 N–H and O–H groups in total. The maximum Gasteiger partial charge on any atom is 0.433 e. The van der Waals surface area contributed by atoms with Crippen LogP contribution in [-0.4, -0.2) is 23.0 Å². The highest BCUT2D eigenvalue weighted by atomic mass is 19.4. The van der Waals surface area contributed by atoms with Gasteiger partial charge >= 0.3 is 6.18 Å². The van der Waals surface area contributed by atoms with E-state index in [0.29, 0.717) is 25.7 Å². The fraction of sp³-hybridized carbons (Fsp3) is 0.304. The minimum absolute atomic E-state index is 0.0314. The molecule has 0 bridgehead atoms. The molecule has 1 heterocycles. The Morgan fingerprint density at radius 3 is 2.50 bits per heavy atom. The van der Waals surface area contributed by atoms with E-state index in [4.69, 9.17) is 0 Å². The van der Waals surface area contributed by atoms with Crippen molar-refractivity contribution in [1.29, 1.82) is 0 Å². The summed E-state index contributed by atoms with van der Waals surface area (Å²) in [4.78, 5) is 16.0. The van der Waals surface area contributed by atoms with E-state index in [1.54, 1.807) is 6.07 Å². The maximum absolute atomic E-state index is 13.9. The van der Waals surface area contributed by atoms with Gasteiger partial charge in [0, 0.05) is 23.2 Å². The molecule has 0 aliphatic heterocycles. The minimum Gasteiger partial charge on any atom is -0.382 e. The number of amides is 1. The third-order valence-corrected chi connectivity index (χ3v) is 5.55. The molecule has 0 radical (unpaired) electrons. The quantitative estimate of drug-likeness (QED) is 0.504. The number of halogens is 5. The van der Waals surface area contributed by atoms with Crippen molar-refractivity contribution in [1.82, 2.24) is 10.3 Å². The second kappa shape index (κ2) is 8.72. The van der Waals surface area contributed by atoms with Gasteiger partial charge in [-0.1, -0.05) is 12.1 Å². The van der Waals surface area contributed by atoms with Gasteiger partial charge in [0.2, 0.25) is 0 Å².